The van der Waals surface area contributed by atoms with Crippen LogP contribution in [0.4, 0.5) is 0 Å². The zero-order valence-electron chi connectivity index (χ0n) is 10.1. The normalized spacial score (nSPS) is 12.3. The molecule has 3 N–H and O–H groups in total. The first-order valence-electron chi connectivity index (χ1n) is 5.93. The SMILES string of the molecule is NCC[C@@H](O)c1cccc(OCc2ccco2)c1. The van der Waals surface area contributed by atoms with Gasteiger partial charge in [0.2, 0.25) is 0 Å². The Morgan fingerprint density at radius 3 is 2.89 bits per heavy atom. The van der Waals surface area contributed by atoms with E-state index >= 15 is 0 Å². The molecule has 1 atom stereocenters. The summed E-state index contributed by atoms with van der Waals surface area (Å²) < 4.78 is 10.8. The molecule has 1 aromatic carbocycles. The van der Waals surface area contributed by atoms with Crippen molar-refractivity contribution in [3.05, 3.63) is 54.0 Å². The molecule has 2 rings (SSSR count). The van der Waals surface area contributed by atoms with Crippen molar-refractivity contribution in [3.8, 4) is 5.75 Å². The highest BCUT2D eigenvalue weighted by atomic mass is 16.5. The Kier molecular flexibility index (Phi) is 4.39. The third kappa shape index (κ3) is 3.35. The number of nitrogens with two attached hydrogens (primary N) is 1. The molecule has 0 spiro atoms. The Morgan fingerprint density at radius 2 is 2.17 bits per heavy atom. The summed E-state index contributed by atoms with van der Waals surface area (Å²) in [5.41, 5.74) is 6.24. The molecule has 0 saturated carbocycles. The van der Waals surface area contributed by atoms with Crippen molar-refractivity contribution in [2.24, 2.45) is 5.73 Å². The van der Waals surface area contributed by atoms with Gasteiger partial charge in [0.1, 0.15) is 18.1 Å². The minimum atomic E-state index is -0.540. The van der Waals surface area contributed by atoms with Crippen molar-refractivity contribution in [2.45, 2.75) is 19.1 Å². The van der Waals surface area contributed by atoms with E-state index in [1.165, 1.54) is 0 Å². The molecule has 4 heteroatoms. The van der Waals surface area contributed by atoms with E-state index in [1.807, 2.05) is 36.4 Å². The molecule has 0 radical (unpaired) electrons. The van der Waals surface area contributed by atoms with Crippen LogP contribution in [0.1, 0.15) is 23.8 Å². The summed E-state index contributed by atoms with van der Waals surface area (Å²) in [5.74, 6) is 1.47. The van der Waals surface area contributed by atoms with Crippen LogP contribution in [0.5, 0.6) is 5.75 Å². The van der Waals surface area contributed by atoms with Gasteiger partial charge in [0.15, 0.2) is 0 Å². The molecule has 0 aliphatic heterocycles. The van der Waals surface area contributed by atoms with Gasteiger partial charge < -0.3 is 20.0 Å². The summed E-state index contributed by atoms with van der Waals surface area (Å²) in [6, 6.07) is 11.1. The van der Waals surface area contributed by atoms with Crippen LogP contribution in [-0.2, 0) is 6.61 Å². The Labute approximate surface area is 106 Å². The van der Waals surface area contributed by atoms with Crippen molar-refractivity contribution in [3.63, 3.8) is 0 Å². The lowest BCUT2D eigenvalue weighted by atomic mass is 10.1. The number of rotatable bonds is 6. The number of benzene rings is 1. The molecule has 1 heterocycles. The second-order valence-electron chi connectivity index (χ2n) is 4.03. The van der Waals surface area contributed by atoms with E-state index in [0.29, 0.717) is 25.3 Å². The largest absolute Gasteiger partial charge is 0.486 e. The van der Waals surface area contributed by atoms with Crippen molar-refractivity contribution in [1.82, 2.24) is 0 Å². The van der Waals surface area contributed by atoms with Gasteiger partial charge in [-0.1, -0.05) is 12.1 Å². The Hall–Kier alpha value is -1.78. The van der Waals surface area contributed by atoms with Gasteiger partial charge in [-0.25, -0.2) is 0 Å². The molecule has 96 valence electrons. The number of furan rings is 1. The number of aliphatic hydroxyl groups excluding tert-OH is 1. The lowest BCUT2D eigenvalue weighted by Crippen LogP contribution is -2.06. The van der Waals surface area contributed by atoms with Crippen LogP contribution in [0.15, 0.2) is 47.1 Å². The van der Waals surface area contributed by atoms with Crippen LogP contribution in [0.3, 0.4) is 0 Å². The molecule has 0 saturated heterocycles. The average Bonchev–Trinajstić information content (AvgIpc) is 2.90. The van der Waals surface area contributed by atoms with Crippen LogP contribution in [0.2, 0.25) is 0 Å². The molecule has 4 nitrogen and oxygen atoms in total. The van der Waals surface area contributed by atoms with Crippen LogP contribution < -0.4 is 10.5 Å². The van der Waals surface area contributed by atoms with E-state index in [9.17, 15) is 5.11 Å². The number of ether oxygens (including phenoxy) is 1. The zero-order valence-corrected chi connectivity index (χ0v) is 10.1. The second kappa shape index (κ2) is 6.23. The second-order valence-corrected chi connectivity index (χ2v) is 4.03. The van der Waals surface area contributed by atoms with Crippen LogP contribution in [-0.4, -0.2) is 11.7 Å². The number of aliphatic hydroxyl groups is 1. The lowest BCUT2D eigenvalue weighted by molar-refractivity contribution is 0.169. The molecule has 1 aromatic heterocycles. The van der Waals surface area contributed by atoms with Gasteiger partial charge in [0.25, 0.3) is 0 Å². The molecule has 0 amide bonds. The van der Waals surface area contributed by atoms with E-state index in [1.54, 1.807) is 6.26 Å². The van der Waals surface area contributed by atoms with Crippen molar-refractivity contribution in [1.29, 1.82) is 0 Å². The predicted octanol–water partition coefficient (Wildman–Crippen LogP) is 2.24. The summed E-state index contributed by atoms with van der Waals surface area (Å²) in [5, 5.41) is 9.84. The van der Waals surface area contributed by atoms with Gasteiger partial charge in [-0.3, -0.25) is 0 Å². The van der Waals surface area contributed by atoms with Gasteiger partial charge in [-0.15, -0.1) is 0 Å². The standard InChI is InChI=1S/C14H17NO3/c15-7-6-14(16)11-3-1-4-12(9-11)18-10-13-5-2-8-17-13/h1-5,8-9,14,16H,6-7,10,15H2/t14-/m1/s1. The monoisotopic (exact) mass is 247 g/mol. The van der Waals surface area contributed by atoms with Crippen molar-refractivity contribution >= 4 is 0 Å². The lowest BCUT2D eigenvalue weighted by Gasteiger charge is -2.11. The molecular weight excluding hydrogens is 230 g/mol. The maximum atomic E-state index is 9.84. The molecule has 0 aliphatic rings. The predicted molar refractivity (Wildman–Crippen MR) is 68.1 cm³/mol. The third-order valence-electron chi connectivity index (χ3n) is 2.64. The number of hydrogen-bond acceptors (Lipinski definition) is 4. The van der Waals surface area contributed by atoms with E-state index in [0.717, 1.165) is 11.3 Å². The van der Waals surface area contributed by atoms with Crippen molar-refractivity contribution < 1.29 is 14.3 Å². The Balaban J connectivity index is 1.98. The highest BCUT2D eigenvalue weighted by molar-refractivity contribution is 5.30. The van der Waals surface area contributed by atoms with Gasteiger partial charge in [0, 0.05) is 0 Å². The highest BCUT2D eigenvalue weighted by Crippen LogP contribution is 2.21. The Bertz CT molecular complexity index is 468. The molecule has 0 aliphatic carbocycles. The molecule has 18 heavy (non-hydrogen) atoms. The summed E-state index contributed by atoms with van der Waals surface area (Å²) >= 11 is 0. The zero-order chi connectivity index (χ0) is 12.8. The highest BCUT2D eigenvalue weighted by Gasteiger charge is 2.07. The van der Waals surface area contributed by atoms with Crippen LogP contribution >= 0.6 is 0 Å². The summed E-state index contributed by atoms with van der Waals surface area (Å²) in [6.07, 6.45) is 1.61. The van der Waals surface area contributed by atoms with Gasteiger partial charge in [-0.2, -0.15) is 0 Å². The minimum absolute atomic E-state index is 0.378. The molecule has 0 unspecified atom stereocenters. The first kappa shape index (κ1) is 12.7. The molecule has 0 bridgehead atoms. The van der Waals surface area contributed by atoms with Crippen molar-refractivity contribution in [2.75, 3.05) is 6.54 Å². The van der Waals surface area contributed by atoms with Crippen LogP contribution in [0.25, 0.3) is 0 Å². The van der Waals surface area contributed by atoms with Gasteiger partial charge >= 0.3 is 0 Å². The maximum absolute atomic E-state index is 9.84. The van der Waals surface area contributed by atoms with Crippen LogP contribution in [0, 0.1) is 0 Å². The van der Waals surface area contributed by atoms with E-state index in [2.05, 4.69) is 0 Å². The quantitative estimate of drug-likeness (QED) is 0.821. The maximum Gasteiger partial charge on any atom is 0.146 e. The first-order chi connectivity index (χ1) is 8.79. The summed E-state index contributed by atoms with van der Waals surface area (Å²) in [4.78, 5) is 0. The Morgan fingerprint density at radius 1 is 1.28 bits per heavy atom. The fourth-order valence-corrected chi connectivity index (χ4v) is 1.69. The molecule has 2 aromatic rings. The third-order valence-corrected chi connectivity index (χ3v) is 2.64. The minimum Gasteiger partial charge on any atom is -0.486 e. The van der Waals surface area contributed by atoms with Gasteiger partial charge in [0.05, 0.1) is 12.4 Å². The molecule has 0 fully saturated rings. The number of hydrogen-bond donors (Lipinski definition) is 2. The summed E-state index contributed by atoms with van der Waals surface area (Å²) in [7, 11) is 0. The van der Waals surface area contributed by atoms with E-state index in [-0.39, 0.29) is 0 Å². The smallest absolute Gasteiger partial charge is 0.146 e. The average molecular weight is 247 g/mol. The van der Waals surface area contributed by atoms with E-state index < -0.39 is 6.10 Å². The van der Waals surface area contributed by atoms with Gasteiger partial charge in [-0.05, 0) is 42.8 Å². The fraction of sp³-hybridized carbons (Fsp3) is 0.286. The topological polar surface area (TPSA) is 68.6 Å². The fourth-order valence-electron chi connectivity index (χ4n) is 1.69. The first-order valence-corrected chi connectivity index (χ1v) is 5.93. The van der Waals surface area contributed by atoms with E-state index in [4.69, 9.17) is 14.9 Å². The summed E-state index contributed by atoms with van der Waals surface area (Å²) in [6.45, 7) is 0.835. The molecular formula is C14H17NO3.